The second-order valence-corrected chi connectivity index (χ2v) is 2.61. The standard InChI is InChI=1S/C6H4ClFO6/c7-1(3(9)5(11)12)2(8)4(10)6(13)14/h1-2H,(H,11,12)(H,13,14). The summed E-state index contributed by atoms with van der Waals surface area (Å²) in [6.07, 6.45) is -2.86. The maximum atomic E-state index is 12.7. The van der Waals surface area contributed by atoms with E-state index in [1.54, 1.807) is 0 Å². The number of alkyl halides is 2. The van der Waals surface area contributed by atoms with Crippen LogP contribution in [0.3, 0.4) is 0 Å². The highest BCUT2D eigenvalue weighted by atomic mass is 35.5. The van der Waals surface area contributed by atoms with Gasteiger partial charge in [-0.05, 0) is 0 Å². The molecule has 2 unspecified atom stereocenters. The zero-order valence-electron chi connectivity index (χ0n) is 6.44. The summed E-state index contributed by atoms with van der Waals surface area (Å²) in [5, 5.41) is 13.8. The number of ketones is 2. The number of hydrogen-bond acceptors (Lipinski definition) is 4. The van der Waals surface area contributed by atoms with Crippen LogP contribution < -0.4 is 0 Å². The Hall–Kier alpha value is -1.50. The van der Waals surface area contributed by atoms with Crippen LogP contribution in [0.15, 0.2) is 0 Å². The van der Waals surface area contributed by atoms with Crippen LogP contribution in [0.2, 0.25) is 0 Å². The molecular weight excluding hydrogens is 223 g/mol. The van der Waals surface area contributed by atoms with Crippen molar-refractivity contribution in [1.29, 1.82) is 0 Å². The van der Waals surface area contributed by atoms with Gasteiger partial charge in [0.25, 0.3) is 11.6 Å². The van der Waals surface area contributed by atoms with E-state index in [4.69, 9.17) is 21.8 Å². The normalized spacial score (nSPS) is 14.1. The molecule has 8 heteroatoms. The average Bonchev–Trinajstić information content (AvgIpc) is 2.12. The highest BCUT2D eigenvalue weighted by Crippen LogP contribution is 2.10. The third kappa shape index (κ3) is 2.77. The molecule has 0 heterocycles. The zero-order valence-corrected chi connectivity index (χ0v) is 7.19. The van der Waals surface area contributed by atoms with Gasteiger partial charge in [0, 0.05) is 0 Å². The maximum Gasteiger partial charge on any atom is 0.375 e. The minimum atomic E-state index is -2.86. The van der Waals surface area contributed by atoms with E-state index in [-0.39, 0.29) is 0 Å². The van der Waals surface area contributed by atoms with Gasteiger partial charge in [0.2, 0.25) is 0 Å². The van der Waals surface area contributed by atoms with E-state index in [0.717, 1.165) is 0 Å². The van der Waals surface area contributed by atoms with E-state index >= 15 is 0 Å². The Morgan fingerprint density at radius 1 is 1.00 bits per heavy atom. The molecule has 0 spiro atoms. The minimum Gasteiger partial charge on any atom is -0.475 e. The van der Waals surface area contributed by atoms with Crippen molar-refractivity contribution in [3.63, 3.8) is 0 Å². The molecule has 0 bridgehead atoms. The number of halogens is 2. The summed E-state index contributed by atoms with van der Waals surface area (Å²) in [5.41, 5.74) is 0. The molecule has 0 aromatic carbocycles. The molecule has 2 atom stereocenters. The highest BCUT2D eigenvalue weighted by Gasteiger charge is 2.38. The lowest BCUT2D eigenvalue weighted by Crippen LogP contribution is -2.39. The summed E-state index contributed by atoms with van der Waals surface area (Å²) >= 11 is 4.93. The second kappa shape index (κ2) is 4.66. The van der Waals surface area contributed by atoms with Crippen molar-refractivity contribution in [1.82, 2.24) is 0 Å². The number of hydrogen-bond donors (Lipinski definition) is 2. The van der Waals surface area contributed by atoms with Crippen molar-refractivity contribution in [2.24, 2.45) is 0 Å². The fraction of sp³-hybridized carbons (Fsp3) is 0.333. The van der Waals surface area contributed by atoms with Crippen molar-refractivity contribution in [3.05, 3.63) is 0 Å². The number of Topliss-reactive ketones (excluding diaryl/α,β-unsaturated/α-hetero) is 2. The average molecular weight is 227 g/mol. The summed E-state index contributed by atoms with van der Waals surface area (Å²) in [6, 6.07) is 0. The van der Waals surface area contributed by atoms with Gasteiger partial charge in [-0.2, -0.15) is 0 Å². The first kappa shape index (κ1) is 12.5. The van der Waals surface area contributed by atoms with Gasteiger partial charge < -0.3 is 10.2 Å². The molecule has 0 aromatic heterocycles. The van der Waals surface area contributed by atoms with Crippen LogP contribution in [-0.4, -0.2) is 45.3 Å². The third-order valence-corrected chi connectivity index (χ3v) is 1.60. The van der Waals surface area contributed by atoms with Crippen LogP contribution in [0.1, 0.15) is 0 Å². The van der Waals surface area contributed by atoms with Gasteiger partial charge >= 0.3 is 11.9 Å². The molecule has 0 radical (unpaired) electrons. The van der Waals surface area contributed by atoms with Gasteiger partial charge in [0.15, 0.2) is 6.17 Å². The van der Waals surface area contributed by atoms with E-state index in [2.05, 4.69) is 0 Å². The number of aliphatic carboxylic acids is 2. The summed E-state index contributed by atoms with van der Waals surface area (Å²) < 4.78 is 12.7. The molecule has 0 saturated heterocycles. The van der Waals surface area contributed by atoms with Crippen LogP contribution in [0, 0.1) is 0 Å². The Bertz CT molecular complexity index is 271. The Balaban J connectivity index is 4.62. The maximum absolute atomic E-state index is 12.7. The van der Waals surface area contributed by atoms with Crippen LogP contribution >= 0.6 is 11.6 Å². The van der Waals surface area contributed by atoms with Gasteiger partial charge in [0.05, 0.1) is 0 Å². The Morgan fingerprint density at radius 3 is 1.64 bits per heavy atom. The number of rotatable bonds is 5. The predicted molar refractivity (Wildman–Crippen MR) is 39.8 cm³/mol. The van der Waals surface area contributed by atoms with Crippen molar-refractivity contribution in [2.45, 2.75) is 11.5 Å². The van der Waals surface area contributed by atoms with Crippen LogP contribution in [0.4, 0.5) is 4.39 Å². The van der Waals surface area contributed by atoms with Gasteiger partial charge in [0.1, 0.15) is 5.38 Å². The van der Waals surface area contributed by atoms with Gasteiger partial charge in [-0.25, -0.2) is 14.0 Å². The van der Waals surface area contributed by atoms with Crippen molar-refractivity contribution >= 4 is 35.1 Å². The molecule has 0 rings (SSSR count). The molecule has 14 heavy (non-hydrogen) atoms. The topological polar surface area (TPSA) is 109 Å². The lowest BCUT2D eigenvalue weighted by Gasteiger charge is -2.07. The number of carbonyl (C=O) groups excluding carboxylic acids is 2. The molecule has 0 aliphatic heterocycles. The molecule has 0 fully saturated rings. The van der Waals surface area contributed by atoms with E-state index < -0.39 is 35.1 Å². The largest absolute Gasteiger partial charge is 0.475 e. The van der Waals surface area contributed by atoms with Crippen LogP contribution in [-0.2, 0) is 19.2 Å². The molecule has 2 N–H and O–H groups in total. The van der Waals surface area contributed by atoms with Crippen LogP contribution in [0.25, 0.3) is 0 Å². The van der Waals surface area contributed by atoms with Gasteiger partial charge in [-0.15, -0.1) is 11.6 Å². The molecule has 0 aromatic rings. The SMILES string of the molecule is O=C(O)C(=O)C(F)C(Cl)C(=O)C(=O)O. The quantitative estimate of drug-likeness (QED) is 0.471. The van der Waals surface area contributed by atoms with E-state index in [9.17, 15) is 23.6 Å². The van der Waals surface area contributed by atoms with E-state index in [1.165, 1.54) is 0 Å². The first-order chi connectivity index (χ1) is 6.29. The van der Waals surface area contributed by atoms with Crippen LogP contribution in [0.5, 0.6) is 0 Å². The number of carboxylic acids is 2. The third-order valence-electron chi connectivity index (χ3n) is 1.18. The van der Waals surface area contributed by atoms with Gasteiger partial charge in [-0.3, -0.25) is 9.59 Å². The lowest BCUT2D eigenvalue weighted by molar-refractivity contribution is -0.153. The molecule has 0 amide bonds. The summed E-state index contributed by atoms with van der Waals surface area (Å²) in [4.78, 5) is 40.8. The van der Waals surface area contributed by atoms with Gasteiger partial charge in [-0.1, -0.05) is 0 Å². The highest BCUT2D eigenvalue weighted by molar-refractivity contribution is 6.50. The second-order valence-electron chi connectivity index (χ2n) is 2.14. The van der Waals surface area contributed by atoms with Crippen molar-refractivity contribution < 1.29 is 33.8 Å². The molecule has 0 saturated carbocycles. The molecule has 6 nitrogen and oxygen atoms in total. The smallest absolute Gasteiger partial charge is 0.375 e. The van der Waals surface area contributed by atoms with Crippen molar-refractivity contribution in [2.75, 3.05) is 0 Å². The van der Waals surface area contributed by atoms with E-state index in [1.807, 2.05) is 0 Å². The van der Waals surface area contributed by atoms with E-state index in [0.29, 0.717) is 0 Å². The summed E-state index contributed by atoms with van der Waals surface area (Å²) in [6.45, 7) is 0. The monoisotopic (exact) mass is 226 g/mol. The first-order valence-electron chi connectivity index (χ1n) is 3.11. The Morgan fingerprint density at radius 2 is 1.36 bits per heavy atom. The zero-order chi connectivity index (χ0) is 11.5. The minimum absolute atomic E-state index is 1.77. The molecule has 0 aliphatic rings. The Kier molecular flexibility index (Phi) is 4.16. The summed E-state index contributed by atoms with van der Waals surface area (Å²) in [7, 11) is 0. The first-order valence-corrected chi connectivity index (χ1v) is 3.55. The predicted octanol–water partition coefficient (Wildman–Crippen LogP) is -0.761. The fourth-order valence-electron chi connectivity index (χ4n) is 0.502. The Labute approximate surface area is 81.3 Å². The molecule has 78 valence electrons. The summed E-state index contributed by atoms with van der Waals surface area (Å²) in [5.74, 6) is -7.89. The lowest BCUT2D eigenvalue weighted by atomic mass is 10.1. The van der Waals surface area contributed by atoms with Crippen molar-refractivity contribution in [3.8, 4) is 0 Å². The molecule has 0 aliphatic carbocycles. The number of carbonyl (C=O) groups is 4. The number of carboxylic acid groups (broad SMARTS) is 2. The molecular formula is C6H4ClFO6. The fourth-order valence-corrected chi connectivity index (χ4v) is 0.709.